The van der Waals surface area contributed by atoms with E-state index in [1.165, 1.54) is 25.7 Å². The molecule has 0 saturated heterocycles. The zero-order chi connectivity index (χ0) is 15.8. The molecular formula is C16H23N3O2. The van der Waals surface area contributed by atoms with E-state index in [9.17, 15) is 9.59 Å². The number of amides is 1. The van der Waals surface area contributed by atoms with Crippen LogP contribution >= 0.6 is 0 Å². The Labute approximate surface area is 124 Å². The fourth-order valence-corrected chi connectivity index (χ4v) is 2.08. The average Bonchev–Trinajstić information content (AvgIpc) is 2.48. The topological polar surface area (TPSA) is 79.2 Å². The number of hydrogen-bond acceptors (Lipinski definition) is 3. The molecule has 21 heavy (non-hydrogen) atoms. The molecule has 5 heteroatoms. The van der Waals surface area contributed by atoms with Gasteiger partial charge in [-0.15, -0.1) is 0 Å². The Morgan fingerprint density at radius 3 is 2.19 bits per heavy atom. The molecule has 5 nitrogen and oxygen atoms in total. The molecule has 0 spiro atoms. The van der Waals surface area contributed by atoms with Crippen LogP contribution in [0.5, 0.6) is 0 Å². The molecule has 1 amide bonds. The van der Waals surface area contributed by atoms with Crippen LogP contribution in [0, 0.1) is 0 Å². The van der Waals surface area contributed by atoms with E-state index in [0.717, 1.165) is 0 Å². The summed E-state index contributed by atoms with van der Waals surface area (Å²) in [7, 11) is 0. The third-order valence-corrected chi connectivity index (χ3v) is 3.36. The number of rotatable bonds is 4. The van der Waals surface area contributed by atoms with Crippen molar-refractivity contribution in [1.29, 1.82) is 0 Å². The standard InChI is InChI=1S/C10H8N2O2.C6H15N/c11-10(14)7-5-9(13)12-8-4-2-1-3-6(7)8;1-4-7(5-2)6-3/h1-5H,(H2,11,14)(H,12,13);4-6H2,1-3H3. The normalized spacial score (nSPS) is 10.3. The van der Waals surface area contributed by atoms with E-state index in [2.05, 4.69) is 30.7 Å². The van der Waals surface area contributed by atoms with Crippen molar-refractivity contribution in [3.63, 3.8) is 0 Å². The van der Waals surface area contributed by atoms with Crippen LogP contribution in [-0.2, 0) is 0 Å². The number of aromatic nitrogens is 1. The van der Waals surface area contributed by atoms with E-state index in [4.69, 9.17) is 5.73 Å². The molecule has 0 aliphatic heterocycles. The molecule has 0 radical (unpaired) electrons. The van der Waals surface area contributed by atoms with Gasteiger partial charge in [0.05, 0.1) is 5.56 Å². The number of nitrogens with zero attached hydrogens (tertiary/aromatic N) is 1. The van der Waals surface area contributed by atoms with Crippen LogP contribution in [0.2, 0.25) is 0 Å². The van der Waals surface area contributed by atoms with Gasteiger partial charge in [-0.2, -0.15) is 0 Å². The minimum absolute atomic E-state index is 0.254. The highest BCUT2D eigenvalue weighted by molar-refractivity contribution is 6.05. The summed E-state index contributed by atoms with van der Waals surface area (Å²) in [5.74, 6) is -0.590. The second-order valence-corrected chi connectivity index (χ2v) is 4.58. The maximum Gasteiger partial charge on any atom is 0.249 e. The third-order valence-electron chi connectivity index (χ3n) is 3.36. The maximum absolute atomic E-state index is 11.1. The lowest BCUT2D eigenvalue weighted by Gasteiger charge is -2.13. The van der Waals surface area contributed by atoms with E-state index in [-0.39, 0.29) is 11.1 Å². The van der Waals surface area contributed by atoms with E-state index >= 15 is 0 Å². The van der Waals surface area contributed by atoms with Crippen LogP contribution in [0.1, 0.15) is 31.1 Å². The van der Waals surface area contributed by atoms with E-state index in [0.29, 0.717) is 10.9 Å². The van der Waals surface area contributed by atoms with Gasteiger partial charge in [0.15, 0.2) is 0 Å². The number of pyridine rings is 1. The lowest BCUT2D eigenvalue weighted by atomic mass is 10.1. The molecule has 3 N–H and O–H groups in total. The average molecular weight is 289 g/mol. The first-order valence-electron chi connectivity index (χ1n) is 7.17. The number of fused-ring (bicyclic) bond motifs is 1. The largest absolute Gasteiger partial charge is 0.366 e. The number of carbonyl (C=O) groups is 1. The van der Waals surface area contributed by atoms with Gasteiger partial charge >= 0.3 is 0 Å². The van der Waals surface area contributed by atoms with Crippen molar-refractivity contribution in [3.8, 4) is 0 Å². The minimum Gasteiger partial charge on any atom is -0.366 e. The van der Waals surface area contributed by atoms with Crippen molar-refractivity contribution in [2.24, 2.45) is 5.73 Å². The Hall–Kier alpha value is -2.14. The van der Waals surface area contributed by atoms with E-state index in [1.807, 2.05) is 0 Å². The molecule has 0 saturated carbocycles. The molecule has 1 aromatic heterocycles. The predicted octanol–water partition coefficient (Wildman–Crippen LogP) is 1.98. The summed E-state index contributed by atoms with van der Waals surface area (Å²) < 4.78 is 0. The Morgan fingerprint density at radius 1 is 1.14 bits per heavy atom. The zero-order valence-electron chi connectivity index (χ0n) is 12.8. The molecule has 0 fully saturated rings. The summed E-state index contributed by atoms with van der Waals surface area (Å²) in [6.45, 7) is 10.1. The highest BCUT2D eigenvalue weighted by Crippen LogP contribution is 2.13. The van der Waals surface area contributed by atoms with Crippen LogP contribution < -0.4 is 11.3 Å². The number of primary amides is 1. The smallest absolute Gasteiger partial charge is 0.249 e. The number of H-pyrrole nitrogens is 1. The third kappa shape index (κ3) is 4.72. The fourth-order valence-electron chi connectivity index (χ4n) is 2.08. The molecule has 2 aromatic rings. The molecule has 1 heterocycles. The molecule has 0 atom stereocenters. The highest BCUT2D eigenvalue weighted by atomic mass is 16.1. The van der Waals surface area contributed by atoms with Gasteiger partial charge in [-0.25, -0.2) is 0 Å². The van der Waals surface area contributed by atoms with E-state index in [1.54, 1.807) is 24.3 Å². The van der Waals surface area contributed by atoms with Crippen molar-refractivity contribution in [2.45, 2.75) is 20.8 Å². The van der Waals surface area contributed by atoms with Gasteiger partial charge in [0.2, 0.25) is 11.5 Å². The number of aromatic amines is 1. The summed E-state index contributed by atoms with van der Waals surface area (Å²) in [6.07, 6.45) is 0. The number of hydrogen-bond donors (Lipinski definition) is 2. The van der Waals surface area contributed by atoms with Gasteiger partial charge in [-0.1, -0.05) is 39.0 Å². The number of benzene rings is 1. The molecule has 0 unspecified atom stereocenters. The number of carbonyl (C=O) groups excluding carboxylic acids is 1. The number of para-hydroxylation sites is 1. The Kier molecular flexibility index (Phi) is 6.62. The molecule has 0 bridgehead atoms. The second kappa shape index (κ2) is 8.21. The number of nitrogens with two attached hydrogens (primary N) is 1. The molecule has 2 rings (SSSR count). The summed E-state index contributed by atoms with van der Waals surface area (Å²) in [5, 5.41) is 0.666. The first-order chi connectivity index (χ1) is 10.0. The summed E-state index contributed by atoms with van der Waals surface area (Å²) in [4.78, 5) is 27.2. The van der Waals surface area contributed by atoms with E-state index < -0.39 is 5.91 Å². The molecule has 114 valence electrons. The summed E-state index contributed by atoms with van der Waals surface area (Å²) >= 11 is 0. The Morgan fingerprint density at radius 2 is 1.71 bits per heavy atom. The quantitative estimate of drug-likeness (QED) is 0.903. The zero-order valence-corrected chi connectivity index (χ0v) is 12.8. The Balaban J connectivity index is 0.000000270. The van der Waals surface area contributed by atoms with Gasteiger partial charge in [0.25, 0.3) is 0 Å². The van der Waals surface area contributed by atoms with Gasteiger partial charge in [-0.05, 0) is 25.7 Å². The first-order valence-corrected chi connectivity index (χ1v) is 7.17. The molecule has 0 aliphatic carbocycles. The van der Waals surface area contributed by atoms with Crippen molar-refractivity contribution in [3.05, 3.63) is 46.2 Å². The van der Waals surface area contributed by atoms with Gasteiger partial charge in [0, 0.05) is 17.0 Å². The minimum atomic E-state index is -0.590. The highest BCUT2D eigenvalue weighted by Gasteiger charge is 2.06. The lowest BCUT2D eigenvalue weighted by molar-refractivity contribution is 0.100. The van der Waals surface area contributed by atoms with Crippen LogP contribution in [0.15, 0.2) is 35.1 Å². The van der Waals surface area contributed by atoms with Crippen molar-refractivity contribution in [1.82, 2.24) is 9.88 Å². The summed E-state index contributed by atoms with van der Waals surface area (Å²) in [6, 6.07) is 8.25. The Bertz CT molecular complexity index is 640. The second-order valence-electron chi connectivity index (χ2n) is 4.58. The van der Waals surface area contributed by atoms with Crippen molar-refractivity contribution >= 4 is 16.8 Å². The molecule has 1 aromatic carbocycles. The number of nitrogens with one attached hydrogen (secondary N) is 1. The van der Waals surface area contributed by atoms with Crippen LogP contribution in [0.4, 0.5) is 0 Å². The van der Waals surface area contributed by atoms with Gasteiger partial charge < -0.3 is 15.6 Å². The van der Waals surface area contributed by atoms with Crippen molar-refractivity contribution in [2.75, 3.05) is 19.6 Å². The fraction of sp³-hybridized carbons (Fsp3) is 0.375. The van der Waals surface area contributed by atoms with Crippen LogP contribution in [0.3, 0.4) is 0 Å². The maximum atomic E-state index is 11.1. The monoisotopic (exact) mass is 289 g/mol. The van der Waals surface area contributed by atoms with Gasteiger partial charge in [-0.3, -0.25) is 9.59 Å². The first kappa shape index (κ1) is 16.9. The van der Waals surface area contributed by atoms with Crippen molar-refractivity contribution < 1.29 is 4.79 Å². The molecule has 0 aliphatic rings. The predicted molar refractivity (Wildman–Crippen MR) is 86.5 cm³/mol. The molecular weight excluding hydrogens is 266 g/mol. The van der Waals surface area contributed by atoms with Gasteiger partial charge in [0.1, 0.15) is 0 Å². The van der Waals surface area contributed by atoms with Crippen LogP contribution in [-0.4, -0.2) is 35.4 Å². The van der Waals surface area contributed by atoms with Crippen LogP contribution in [0.25, 0.3) is 10.9 Å². The summed E-state index contributed by atoms with van der Waals surface area (Å²) in [5.41, 5.74) is 5.71. The lowest BCUT2D eigenvalue weighted by Crippen LogP contribution is -2.21. The SMILES string of the molecule is CCN(CC)CC.NC(=O)c1cc(=O)[nH]c2ccccc12.